The number of hydrogen-bond donors (Lipinski definition) is 2. The van der Waals surface area contributed by atoms with Gasteiger partial charge in [-0.3, -0.25) is 0 Å². The second-order valence-electron chi connectivity index (χ2n) is 3.49. The highest BCUT2D eigenvalue weighted by molar-refractivity contribution is 5.59. The van der Waals surface area contributed by atoms with E-state index in [1.807, 2.05) is 0 Å². The Kier molecular flexibility index (Phi) is 2.70. The molecule has 1 aromatic heterocycles. The van der Waals surface area contributed by atoms with E-state index in [1.54, 1.807) is 12.3 Å². The molecule has 1 aliphatic rings. The van der Waals surface area contributed by atoms with Crippen molar-refractivity contribution in [2.24, 2.45) is 0 Å². The van der Waals surface area contributed by atoms with Crippen LogP contribution in [-0.4, -0.2) is 31.2 Å². The average molecular weight is 203 g/mol. The number of nitrogens with zero attached hydrogens (tertiary/aromatic N) is 3. The molecule has 0 amide bonds. The van der Waals surface area contributed by atoms with Crippen LogP contribution in [0.25, 0.3) is 0 Å². The Morgan fingerprint density at radius 3 is 2.87 bits per heavy atom. The van der Waals surface area contributed by atoms with Crippen LogP contribution < -0.4 is 16.0 Å². The maximum absolute atomic E-state index is 8.99. The fraction of sp³-hybridized carbons (Fsp3) is 0.400. The molecule has 0 saturated carbocycles. The molecule has 1 aromatic rings. The van der Waals surface area contributed by atoms with Gasteiger partial charge in [-0.15, -0.1) is 0 Å². The van der Waals surface area contributed by atoms with Gasteiger partial charge in [-0.25, -0.2) is 4.98 Å². The van der Waals surface area contributed by atoms with Crippen LogP contribution >= 0.6 is 0 Å². The fourth-order valence-corrected chi connectivity index (χ4v) is 1.68. The second kappa shape index (κ2) is 4.15. The molecule has 0 bridgehead atoms. The van der Waals surface area contributed by atoms with Crippen LogP contribution in [-0.2, 0) is 0 Å². The lowest BCUT2D eigenvalue weighted by atomic mass is 10.2. The number of rotatable bonds is 1. The van der Waals surface area contributed by atoms with Crippen LogP contribution in [0.2, 0.25) is 0 Å². The molecule has 0 atom stereocenters. The minimum Gasteiger partial charge on any atom is -0.397 e. The molecule has 0 unspecified atom stereocenters. The first-order valence-corrected chi connectivity index (χ1v) is 4.92. The van der Waals surface area contributed by atoms with Gasteiger partial charge in [0, 0.05) is 26.2 Å². The highest BCUT2D eigenvalue weighted by atomic mass is 15.2. The van der Waals surface area contributed by atoms with Gasteiger partial charge in [-0.1, -0.05) is 0 Å². The van der Waals surface area contributed by atoms with Crippen molar-refractivity contribution < 1.29 is 0 Å². The summed E-state index contributed by atoms with van der Waals surface area (Å²) in [7, 11) is 0. The van der Waals surface area contributed by atoms with E-state index in [0.717, 1.165) is 32.0 Å². The van der Waals surface area contributed by atoms with Gasteiger partial charge in [0.25, 0.3) is 0 Å². The van der Waals surface area contributed by atoms with E-state index in [9.17, 15) is 0 Å². The zero-order valence-corrected chi connectivity index (χ0v) is 8.40. The molecule has 0 spiro atoms. The van der Waals surface area contributed by atoms with E-state index < -0.39 is 0 Å². The number of pyridine rings is 1. The standard InChI is InChI=1S/C10H13N5/c11-6-8-5-9(12)7-14-10(8)15-3-1-13-2-4-15/h5,7,13H,1-4,12H2. The predicted octanol–water partition coefficient (Wildman–Crippen LogP) is -0.0549. The lowest BCUT2D eigenvalue weighted by molar-refractivity contribution is 0.584. The Morgan fingerprint density at radius 2 is 2.20 bits per heavy atom. The molecule has 2 heterocycles. The Labute approximate surface area is 88.5 Å². The van der Waals surface area contributed by atoms with E-state index in [-0.39, 0.29) is 0 Å². The summed E-state index contributed by atoms with van der Waals surface area (Å²) in [5.74, 6) is 0.744. The summed E-state index contributed by atoms with van der Waals surface area (Å²) in [4.78, 5) is 6.33. The Hall–Kier alpha value is -1.80. The molecule has 2 rings (SSSR count). The van der Waals surface area contributed by atoms with Gasteiger partial charge < -0.3 is 16.0 Å². The average Bonchev–Trinajstić information content (AvgIpc) is 2.30. The first-order valence-electron chi connectivity index (χ1n) is 4.92. The second-order valence-corrected chi connectivity index (χ2v) is 3.49. The Bertz CT molecular complexity index is 389. The van der Waals surface area contributed by atoms with Crippen LogP contribution in [0.15, 0.2) is 12.3 Å². The predicted molar refractivity (Wildman–Crippen MR) is 58.4 cm³/mol. The van der Waals surface area contributed by atoms with Crippen molar-refractivity contribution in [1.29, 1.82) is 5.26 Å². The summed E-state index contributed by atoms with van der Waals surface area (Å²) in [5, 5.41) is 12.2. The third kappa shape index (κ3) is 2.00. The highest BCUT2D eigenvalue weighted by Crippen LogP contribution is 2.19. The monoisotopic (exact) mass is 203 g/mol. The lowest BCUT2D eigenvalue weighted by Crippen LogP contribution is -2.44. The molecule has 5 nitrogen and oxygen atoms in total. The van der Waals surface area contributed by atoms with Crippen LogP contribution in [0.5, 0.6) is 0 Å². The smallest absolute Gasteiger partial charge is 0.146 e. The number of piperazine rings is 1. The fourth-order valence-electron chi connectivity index (χ4n) is 1.68. The van der Waals surface area contributed by atoms with Gasteiger partial charge in [0.1, 0.15) is 11.9 Å². The summed E-state index contributed by atoms with van der Waals surface area (Å²) >= 11 is 0. The van der Waals surface area contributed by atoms with Crippen molar-refractivity contribution in [3.63, 3.8) is 0 Å². The van der Waals surface area contributed by atoms with Gasteiger partial charge in [-0.2, -0.15) is 5.26 Å². The van der Waals surface area contributed by atoms with Gasteiger partial charge in [-0.05, 0) is 6.07 Å². The van der Waals surface area contributed by atoms with Crippen LogP contribution in [0.1, 0.15) is 5.56 Å². The number of nitriles is 1. The van der Waals surface area contributed by atoms with Crippen molar-refractivity contribution >= 4 is 11.5 Å². The van der Waals surface area contributed by atoms with Crippen molar-refractivity contribution in [3.05, 3.63) is 17.8 Å². The van der Waals surface area contributed by atoms with E-state index in [0.29, 0.717) is 11.3 Å². The molecular weight excluding hydrogens is 190 g/mol. The molecule has 78 valence electrons. The molecule has 5 heteroatoms. The molecule has 0 aromatic carbocycles. The summed E-state index contributed by atoms with van der Waals surface area (Å²) < 4.78 is 0. The Morgan fingerprint density at radius 1 is 1.47 bits per heavy atom. The highest BCUT2D eigenvalue weighted by Gasteiger charge is 2.15. The van der Waals surface area contributed by atoms with Gasteiger partial charge in [0.15, 0.2) is 0 Å². The largest absolute Gasteiger partial charge is 0.397 e. The maximum atomic E-state index is 8.99. The normalized spacial score (nSPS) is 16.1. The van der Waals surface area contributed by atoms with E-state index in [2.05, 4.69) is 21.3 Å². The molecular formula is C10H13N5. The topological polar surface area (TPSA) is 78.0 Å². The number of hydrogen-bond acceptors (Lipinski definition) is 5. The van der Waals surface area contributed by atoms with Crippen molar-refractivity contribution in [1.82, 2.24) is 10.3 Å². The summed E-state index contributed by atoms with van der Waals surface area (Å²) in [6.45, 7) is 3.62. The molecule has 1 saturated heterocycles. The minimum atomic E-state index is 0.533. The first kappa shape index (κ1) is 9.74. The number of nitrogen functional groups attached to an aromatic ring is 1. The zero-order valence-electron chi connectivity index (χ0n) is 8.40. The quantitative estimate of drug-likeness (QED) is 0.669. The number of aromatic nitrogens is 1. The first-order chi connectivity index (χ1) is 7.31. The molecule has 0 aliphatic carbocycles. The van der Waals surface area contributed by atoms with Crippen molar-refractivity contribution in [2.45, 2.75) is 0 Å². The van der Waals surface area contributed by atoms with E-state index >= 15 is 0 Å². The maximum Gasteiger partial charge on any atom is 0.146 e. The van der Waals surface area contributed by atoms with Gasteiger partial charge in [0.2, 0.25) is 0 Å². The van der Waals surface area contributed by atoms with Gasteiger partial charge >= 0.3 is 0 Å². The van der Waals surface area contributed by atoms with Crippen LogP contribution in [0, 0.1) is 11.3 Å². The molecule has 1 aliphatic heterocycles. The SMILES string of the molecule is N#Cc1cc(N)cnc1N1CCNCC1. The summed E-state index contributed by atoms with van der Waals surface area (Å²) in [6, 6.07) is 3.80. The van der Waals surface area contributed by atoms with Crippen LogP contribution in [0.4, 0.5) is 11.5 Å². The summed E-state index contributed by atoms with van der Waals surface area (Å²) in [6.07, 6.45) is 1.60. The third-order valence-corrected chi connectivity index (χ3v) is 2.42. The molecule has 3 N–H and O–H groups in total. The lowest BCUT2D eigenvalue weighted by Gasteiger charge is -2.28. The van der Waals surface area contributed by atoms with E-state index in [4.69, 9.17) is 11.0 Å². The minimum absolute atomic E-state index is 0.533. The Balaban J connectivity index is 2.30. The van der Waals surface area contributed by atoms with Crippen molar-refractivity contribution in [2.75, 3.05) is 36.8 Å². The van der Waals surface area contributed by atoms with Crippen LogP contribution in [0.3, 0.4) is 0 Å². The molecule has 1 fully saturated rings. The number of nitrogens with two attached hydrogens (primary N) is 1. The molecule has 0 radical (unpaired) electrons. The zero-order chi connectivity index (χ0) is 10.7. The number of anilines is 2. The summed E-state index contributed by atoms with van der Waals surface area (Å²) in [5.41, 5.74) is 6.67. The van der Waals surface area contributed by atoms with Crippen molar-refractivity contribution in [3.8, 4) is 6.07 Å². The van der Waals surface area contributed by atoms with E-state index in [1.165, 1.54) is 0 Å². The number of nitrogens with one attached hydrogen (secondary N) is 1. The third-order valence-electron chi connectivity index (χ3n) is 2.42. The molecule has 15 heavy (non-hydrogen) atoms. The van der Waals surface area contributed by atoms with Gasteiger partial charge in [0.05, 0.1) is 17.4 Å².